The molecule has 8 heteroatoms. The van der Waals surface area contributed by atoms with Gasteiger partial charge in [-0.2, -0.15) is 12.7 Å². The maximum Gasteiger partial charge on any atom is 0.302 e. The summed E-state index contributed by atoms with van der Waals surface area (Å²) in [5.41, 5.74) is 0. The van der Waals surface area contributed by atoms with E-state index in [0.29, 0.717) is 13.1 Å². The lowest BCUT2D eigenvalue weighted by atomic mass is 10.2. The van der Waals surface area contributed by atoms with E-state index in [4.69, 9.17) is 11.6 Å². The van der Waals surface area contributed by atoms with Gasteiger partial charge < -0.3 is 0 Å². The fraction of sp³-hybridized carbons (Fsp3) is 0.600. The summed E-state index contributed by atoms with van der Waals surface area (Å²) >= 11 is 5.59. The molecular weight excluding hydrogens is 276 g/mol. The van der Waals surface area contributed by atoms with Crippen molar-refractivity contribution in [2.75, 3.05) is 17.8 Å². The average molecular weight is 291 g/mol. The van der Waals surface area contributed by atoms with Crippen LogP contribution in [-0.2, 0) is 10.2 Å². The van der Waals surface area contributed by atoms with Crippen LogP contribution in [0.1, 0.15) is 25.7 Å². The molecule has 1 aliphatic rings. The van der Waals surface area contributed by atoms with Crippen molar-refractivity contribution in [1.29, 1.82) is 0 Å². The van der Waals surface area contributed by atoms with E-state index in [9.17, 15) is 8.42 Å². The molecule has 2 rings (SSSR count). The third-order valence-corrected chi connectivity index (χ3v) is 4.47. The summed E-state index contributed by atoms with van der Waals surface area (Å²) in [5, 5.41) is 0.229. The van der Waals surface area contributed by atoms with E-state index in [1.807, 2.05) is 0 Å². The molecule has 1 aromatic rings. The van der Waals surface area contributed by atoms with Crippen LogP contribution in [0.25, 0.3) is 0 Å². The van der Waals surface area contributed by atoms with Gasteiger partial charge in [-0.05, 0) is 12.8 Å². The van der Waals surface area contributed by atoms with Gasteiger partial charge in [0.25, 0.3) is 0 Å². The molecule has 1 aromatic heterocycles. The number of hydrogen-bond acceptors (Lipinski definition) is 4. The lowest BCUT2D eigenvalue weighted by Gasteiger charge is -2.20. The molecule has 0 bridgehead atoms. The van der Waals surface area contributed by atoms with Gasteiger partial charge in [0.2, 0.25) is 0 Å². The summed E-state index contributed by atoms with van der Waals surface area (Å²) in [6.45, 7) is 1.10. The lowest BCUT2D eigenvalue weighted by Crippen LogP contribution is -2.36. The van der Waals surface area contributed by atoms with Crippen molar-refractivity contribution in [3.8, 4) is 0 Å². The number of nitrogens with zero attached hydrogens (tertiary/aromatic N) is 3. The summed E-state index contributed by atoms with van der Waals surface area (Å²) < 4.78 is 28.1. The van der Waals surface area contributed by atoms with Gasteiger partial charge in [-0.1, -0.05) is 24.4 Å². The Balaban J connectivity index is 2.08. The monoisotopic (exact) mass is 290 g/mol. The molecule has 0 radical (unpaired) electrons. The van der Waals surface area contributed by atoms with E-state index >= 15 is 0 Å². The van der Waals surface area contributed by atoms with Crippen LogP contribution in [-0.4, -0.2) is 35.8 Å². The largest absolute Gasteiger partial charge is 0.302 e. The molecule has 2 heterocycles. The van der Waals surface area contributed by atoms with Gasteiger partial charge >= 0.3 is 10.2 Å². The van der Waals surface area contributed by atoms with E-state index in [1.165, 1.54) is 16.7 Å². The van der Waals surface area contributed by atoms with Gasteiger partial charge in [0, 0.05) is 13.1 Å². The standard InChI is InChI=1S/C10H15ClN4O2S/c11-9-7-13-10(8-12-9)14-18(16,17)15-5-3-1-2-4-6-15/h7-8H,1-6H2,(H,13,14). The molecule has 18 heavy (non-hydrogen) atoms. The fourth-order valence-electron chi connectivity index (χ4n) is 1.84. The van der Waals surface area contributed by atoms with Crippen LogP contribution in [0.4, 0.5) is 5.82 Å². The molecule has 100 valence electrons. The van der Waals surface area contributed by atoms with Gasteiger partial charge in [0.05, 0.1) is 12.4 Å². The SMILES string of the molecule is O=S(=O)(Nc1cnc(Cl)cn1)N1CCCCCC1. The van der Waals surface area contributed by atoms with Crippen molar-refractivity contribution in [2.45, 2.75) is 25.7 Å². The molecular formula is C10H15ClN4O2S. The van der Waals surface area contributed by atoms with Gasteiger partial charge in [0.1, 0.15) is 5.15 Å². The Morgan fingerprint density at radius 1 is 1.11 bits per heavy atom. The predicted octanol–water partition coefficient (Wildman–Crippen LogP) is 1.66. The molecule has 0 atom stereocenters. The lowest BCUT2D eigenvalue weighted by molar-refractivity contribution is 0.427. The predicted molar refractivity (Wildman–Crippen MR) is 69.6 cm³/mol. The van der Waals surface area contributed by atoms with Crippen molar-refractivity contribution in [1.82, 2.24) is 14.3 Å². The highest BCUT2D eigenvalue weighted by Crippen LogP contribution is 2.15. The summed E-state index contributed by atoms with van der Waals surface area (Å²) in [6.07, 6.45) is 6.56. The normalized spacial score (nSPS) is 18.3. The fourth-order valence-corrected chi connectivity index (χ4v) is 3.18. The van der Waals surface area contributed by atoms with Crippen molar-refractivity contribution >= 4 is 27.6 Å². The molecule has 0 amide bonds. The average Bonchev–Trinajstić information content (AvgIpc) is 2.61. The Hall–Kier alpha value is -0.920. The summed E-state index contributed by atoms with van der Waals surface area (Å²) in [7, 11) is -3.53. The van der Waals surface area contributed by atoms with E-state index in [-0.39, 0.29) is 11.0 Å². The van der Waals surface area contributed by atoms with Crippen LogP contribution >= 0.6 is 11.6 Å². The minimum Gasteiger partial charge on any atom is -0.253 e. The second-order valence-corrected chi connectivity index (χ2v) is 6.20. The first-order valence-corrected chi connectivity index (χ1v) is 7.65. The smallest absolute Gasteiger partial charge is 0.253 e. The zero-order valence-corrected chi connectivity index (χ0v) is 11.4. The number of aromatic nitrogens is 2. The second kappa shape index (κ2) is 5.81. The molecule has 1 saturated heterocycles. The second-order valence-electron chi connectivity index (χ2n) is 4.14. The molecule has 1 aliphatic heterocycles. The van der Waals surface area contributed by atoms with Crippen LogP contribution in [0.2, 0.25) is 5.15 Å². The highest BCUT2D eigenvalue weighted by molar-refractivity contribution is 7.90. The maximum absolute atomic E-state index is 12.1. The van der Waals surface area contributed by atoms with Crippen LogP contribution in [0.15, 0.2) is 12.4 Å². The molecule has 6 nitrogen and oxygen atoms in total. The highest BCUT2D eigenvalue weighted by atomic mass is 35.5. The van der Waals surface area contributed by atoms with Crippen molar-refractivity contribution < 1.29 is 8.42 Å². The molecule has 0 spiro atoms. The van der Waals surface area contributed by atoms with Crippen LogP contribution in [0.3, 0.4) is 0 Å². The topological polar surface area (TPSA) is 75.2 Å². The number of anilines is 1. The minimum atomic E-state index is -3.53. The zero-order valence-electron chi connectivity index (χ0n) is 9.84. The molecule has 0 saturated carbocycles. The zero-order chi connectivity index (χ0) is 13.0. The van der Waals surface area contributed by atoms with Gasteiger partial charge in [-0.15, -0.1) is 0 Å². The number of hydrogen-bond donors (Lipinski definition) is 1. The molecule has 1 fully saturated rings. The van der Waals surface area contributed by atoms with Crippen LogP contribution < -0.4 is 4.72 Å². The van der Waals surface area contributed by atoms with E-state index in [0.717, 1.165) is 25.7 Å². The Labute approximate surface area is 112 Å². The van der Waals surface area contributed by atoms with Gasteiger partial charge in [0.15, 0.2) is 5.82 Å². The Kier molecular flexibility index (Phi) is 4.36. The Bertz CT molecular complexity index is 483. The highest BCUT2D eigenvalue weighted by Gasteiger charge is 2.23. The van der Waals surface area contributed by atoms with Crippen molar-refractivity contribution in [2.24, 2.45) is 0 Å². The number of nitrogens with one attached hydrogen (secondary N) is 1. The van der Waals surface area contributed by atoms with Crippen molar-refractivity contribution in [3.05, 3.63) is 17.5 Å². The molecule has 0 aliphatic carbocycles. The minimum absolute atomic E-state index is 0.184. The Morgan fingerprint density at radius 2 is 1.78 bits per heavy atom. The first-order chi connectivity index (χ1) is 8.58. The third-order valence-electron chi connectivity index (χ3n) is 2.76. The number of halogens is 1. The summed E-state index contributed by atoms with van der Waals surface area (Å²) in [6, 6.07) is 0. The summed E-state index contributed by atoms with van der Waals surface area (Å²) in [4.78, 5) is 7.65. The number of rotatable bonds is 3. The Morgan fingerprint density at radius 3 is 2.33 bits per heavy atom. The van der Waals surface area contributed by atoms with E-state index < -0.39 is 10.2 Å². The van der Waals surface area contributed by atoms with Gasteiger partial charge in [-0.3, -0.25) is 4.72 Å². The quantitative estimate of drug-likeness (QED) is 0.919. The van der Waals surface area contributed by atoms with Gasteiger partial charge in [-0.25, -0.2) is 9.97 Å². The van der Waals surface area contributed by atoms with Crippen LogP contribution in [0.5, 0.6) is 0 Å². The maximum atomic E-state index is 12.1. The third kappa shape index (κ3) is 3.54. The van der Waals surface area contributed by atoms with E-state index in [1.54, 1.807) is 0 Å². The first-order valence-electron chi connectivity index (χ1n) is 5.83. The van der Waals surface area contributed by atoms with Crippen LogP contribution in [0, 0.1) is 0 Å². The molecule has 1 N–H and O–H groups in total. The molecule has 0 aromatic carbocycles. The summed E-state index contributed by atoms with van der Waals surface area (Å²) in [5.74, 6) is 0.184. The van der Waals surface area contributed by atoms with Crippen molar-refractivity contribution in [3.63, 3.8) is 0 Å². The molecule has 0 unspecified atom stereocenters. The first kappa shape index (κ1) is 13.5. The van der Waals surface area contributed by atoms with E-state index in [2.05, 4.69) is 14.7 Å².